The van der Waals surface area contributed by atoms with Crippen LogP contribution in [0, 0.1) is 12.8 Å². The highest BCUT2D eigenvalue weighted by atomic mass is 19.4. The summed E-state index contributed by atoms with van der Waals surface area (Å²) in [7, 11) is 0. The molecule has 0 bridgehead atoms. The third-order valence-electron chi connectivity index (χ3n) is 3.17. The lowest BCUT2D eigenvalue weighted by Gasteiger charge is -2.20. The van der Waals surface area contributed by atoms with Crippen LogP contribution in [0.3, 0.4) is 0 Å². The number of benzene rings is 1. The molecular weight excluding hydrogens is 287 g/mol. The normalized spacial score (nSPS) is 23.1. The molecule has 1 aliphatic rings. The minimum Gasteiger partial charge on any atom is -0.242 e. The molecule has 0 heterocycles. The molecule has 0 saturated heterocycles. The summed E-state index contributed by atoms with van der Waals surface area (Å²) in [6.07, 6.45) is -3.82. The van der Waals surface area contributed by atoms with Crippen LogP contribution in [-0.2, 0) is 0 Å². The van der Waals surface area contributed by atoms with E-state index >= 15 is 0 Å². The first-order valence-electron chi connectivity index (χ1n) is 6.32. The summed E-state index contributed by atoms with van der Waals surface area (Å²) in [6, 6.07) is 7.02. The van der Waals surface area contributed by atoms with Crippen molar-refractivity contribution in [2.75, 3.05) is 0 Å². The molecule has 21 heavy (non-hydrogen) atoms. The fourth-order valence-electron chi connectivity index (χ4n) is 2.06. The Hall–Kier alpha value is -1.91. The highest BCUT2D eigenvalue weighted by Crippen LogP contribution is 2.34. The smallest absolute Gasteiger partial charge is 0.242 e. The van der Waals surface area contributed by atoms with Crippen LogP contribution in [0.15, 0.2) is 54.4 Å². The molecule has 112 valence electrons. The van der Waals surface area contributed by atoms with Crippen molar-refractivity contribution in [2.45, 2.75) is 19.3 Å². The van der Waals surface area contributed by atoms with Gasteiger partial charge in [0.25, 0.3) is 0 Å². The molecule has 5 heteroatoms. The fraction of sp³-hybridized carbons (Fsp3) is 0.250. The van der Waals surface area contributed by atoms with Crippen molar-refractivity contribution in [3.63, 3.8) is 0 Å². The van der Waals surface area contributed by atoms with E-state index < -0.39 is 24.1 Å². The van der Waals surface area contributed by atoms with Crippen molar-refractivity contribution in [3.8, 4) is 0 Å². The number of allylic oxidation sites excluding steroid dienone is 6. The molecule has 0 nitrogen and oxygen atoms in total. The van der Waals surface area contributed by atoms with Crippen LogP contribution < -0.4 is 0 Å². The average molecular weight is 300 g/mol. The van der Waals surface area contributed by atoms with Crippen molar-refractivity contribution in [2.24, 2.45) is 5.92 Å². The zero-order chi connectivity index (χ0) is 15.6. The van der Waals surface area contributed by atoms with Gasteiger partial charge in [0, 0.05) is 6.08 Å². The molecule has 0 spiro atoms. The Kier molecular flexibility index (Phi) is 4.30. The van der Waals surface area contributed by atoms with Crippen molar-refractivity contribution in [1.29, 1.82) is 0 Å². The van der Waals surface area contributed by atoms with Crippen molar-refractivity contribution in [3.05, 3.63) is 65.5 Å². The predicted molar refractivity (Wildman–Crippen MR) is 71.9 cm³/mol. The van der Waals surface area contributed by atoms with Gasteiger partial charge in [-0.05, 0) is 30.2 Å². The lowest BCUT2D eigenvalue weighted by Crippen LogP contribution is -2.17. The van der Waals surface area contributed by atoms with Gasteiger partial charge in [0.1, 0.15) is 12.0 Å². The molecule has 0 amide bonds. The molecule has 1 aromatic carbocycles. The van der Waals surface area contributed by atoms with Gasteiger partial charge in [-0.3, -0.25) is 0 Å². The largest absolute Gasteiger partial charge is 0.409 e. The van der Waals surface area contributed by atoms with E-state index in [1.54, 1.807) is 24.3 Å². The van der Waals surface area contributed by atoms with Gasteiger partial charge in [-0.1, -0.05) is 35.9 Å². The number of hydrogen-bond donors (Lipinski definition) is 0. The summed E-state index contributed by atoms with van der Waals surface area (Å²) in [5.41, 5.74) is 1.95. The quantitative estimate of drug-likeness (QED) is 0.512. The van der Waals surface area contributed by atoms with Crippen LogP contribution in [0.2, 0.25) is 0 Å². The van der Waals surface area contributed by atoms with Gasteiger partial charge in [0.2, 0.25) is 0 Å². The molecule has 0 radical (unpaired) electrons. The Balaban J connectivity index is 2.24. The third kappa shape index (κ3) is 4.03. The number of aryl methyl sites for hydroxylation is 1. The summed E-state index contributed by atoms with van der Waals surface area (Å²) in [5.74, 6) is -2.44. The van der Waals surface area contributed by atoms with Gasteiger partial charge in [0.05, 0.1) is 5.92 Å². The molecule has 2 rings (SSSR count). The second kappa shape index (κ2) is 5.84. The molecule has 1 aliphatic carbocycles. The Labute approximate surface area is 119 Å². The summed E-state index contributed by atoms with van der Waals surface area (Å²) in [5, 5.41) is 0. The van der Waals surface area contributed by atoms with E-state index in [2.05, 4.69) is 0 Å². The van der Waals surface area contributed by atoms with E-state index in [1.807, 2.05) is 6.92 Å². The maximum absolute atomic E-state index is 13.9. The van der Waals surface area contributed by atoms with Crippen molar-refractivity contribution in [1.82, 2.24) is 0 Å². The van der Waals surface area contributed by atoms with Gasteiger partial charge in [-0.2, -0.15) is 13.2 Å². The monoisotopic (exact) mass is 300 g/mol. The first-order valence-corrected chi connectivity index (χ1v) is 6.32. The van der Waals surface area contributed by atoms with E-state index in [4.69, 9.17) is 0 Å². The van der Waals surface area contributed by atoms with Gasteiger partial charge in [0.15, 0.2) is 0 Å². The van der Waals surface area contributed by atoms with Crippen molar-refractivity contribution >= 4 is 5.57 Å². The minimum atomic E-state index is -4.58. The van der Waals surface area contributed by atoms with Crippen LogP contribution in [0.4, 0.5) is 22.0 Å². The Morgan fingerprint density at radius 3 is 2.24 bits per heavy atom. The second-order valence-corrected chi connectivity index (χ2v) is 4.89. The van der Waals surface area contributed by atoms with E-state index in [9.17, 15) is 22.0 Å². The van der Waals surface area contributed by atoms with Gasteiger partial charge < -0.3 is 0 Å². The number of halogens is 5. The van der Waals surface area contributed by atoms with Crippen molar-refractivity contribution < 1.29 is 22.0 Å². The van der Waals surface area contributed by atoms with Gasteiger partial charge in [-0.15, -0.1) is 0 Å². The summed E-state index contributed by atoms with van der Waals surface area (Å²) < 4.78 is 64.0. The maximum atomic E-state index is 13.9. The molecule has 0 N–H and O–H groups in total. The summed E-state index contributed by atoms with van der Waals surface area (Å²) >= 11 is 0. The fourth-order valence-corrected chi connectivity index (χ4v) is 2.06. The molecule has 1 aromatic rings. The molecule has 2 unspecified atom stereocenters. The SMILES string of the molecule is Cc1ccc(C2=CC(F)C(/C=C/C(F)(F)F)C(F)=C2)cc1. The first kappa shape index (κ1) is 15.5. The van der Waals surface area contributed by atoms with Crippen LogP contribution in [0.1, 0.15) is 11.1 Å². The number of alkyl halides is 4. The summed E-state index contributed by atoms with van der Waals surface area (Å²) in [6.45, 7) is 1.88. The zero-order valence-corrected chi connectivity index (χ0v) is 11.2. The molecule has 0 fully saturated rings. The summed E-state index contributed by atoms with van der Waals surface area (Å²) in [4.78, 5) is 0. The standard InChI is InChI=1S/C16H13F5/c1-10-2-4-11(5-3-10)12-8-14(17)13(15(18)9-12)6-7-16(19,20)21/h2-9,13-14H,1H3/b7-6+. The first-order chi connectivity index (χ1) is 9.76. The lowest BCUT2D eigenvalue weighted by molar-refractivity contribution is -0.0802. The van der Waals surface area contributed by atoms with E-state index in [0.29, 0.717) is 17.2 Å². The Bertz CT molecular complexity index is 590. The molecule has 0 saturated carbocycles. The Morgan fingerprint density at radius 2 is 1.71 bits per heavy atom. The van der Waals surface area contributed by atoms with Crippen LogP contribution >= 0.6 is 0 Å². The van der Waals surface area contributed by atoms with Crippen LogP contribution in [-0.4, -0.2) is 12.3 Å². The number of rotatable bonds is 2. The van der Waals surface area contributed by atoms with E-state index in [0.717, 1.165) is 17.7 Å². The third-order valence-corrected chi connectivity index (χ3v) is 3.17. The molecular formula is C16H13F5. The lowest BCUT2D eigenvalue weighted by atomic mass is 9.90. The number of hydrogen-bond acceptors (Lipinski definition) is 0. The molecule has 2 atom stereocenters. The van der Waals surface area contributed by atoms with Crippen LogP contribution in [0.25, 0.3) is 5.57 Å². The topological polar surface area (TPSA) is 0 Å². The van der Waals surface area contributed by atoms with Gasteiger partial charge in [-0.25, -0.2) is 8.78 Å². The highest BCUT2D eigenvalue weighted by molar-refractivity contribution is 5.76. The predicted octanol–water partition coefficient (Wildman–Crippen LogP) is 5.32. The Morgan fingerprint density at radius 1 is 1.10 bits per heavy atom. The minimum absolute atomic E-state index is 0.137. The average Bonchev–Trinajstić information content (AvgIpc) is 2.37. The molecule has 0 aromatic heterocycles. The highest BCUT2D eigenvalue weighted by Gasteiger charge is 2.29. The van der Waals surface area contributed by atoms with Crippen LogP contribution in [0.5, 0.6) is 0 Å². The molecule has 0 aliphatic heterocycles. The second-order valence-electron chi connectivity index (χ2n) is 4.89. The maximum Gasteiger partial charge on any atom is 0.409 e. The zero-order valence-electron chi connectivity index (χ0n) is 11.2. The van der Waals surface area contributed by atoms with E-state index in [1.165, 1.54) is 0 Å². The van der Waals surface area contributed by atoms with Gasteiger partial charge >= 0.3 is 6.18 Å². The van der Waals surface area contributed by atoms with E-state index in [-0.39, 0.29) is 6.08 Å².